The molecule has 0 atom stereocenters. The van der Waals surface area contributed by atoms with Gasteiger partial charge in [-0.2, -0.15) is 0 Å². The molecule has 0 fully saturated rings. The first-order valence-electron chi connectivity index (χ1n) is 9.59. The number of carbonyl (C=O) groups excluding carboxylic acids is 2. The highest BCUT2D eigenvalue weighted by atomic mass is 127. The number of fused-ring (bicyclic) bond motifs is 1. The summed E-state index contributed by atoms with van der Waals surface area (Å²) in [5.74, 6) is -1.16. The summed E-state index contributed by atoms with van der Waals surface area (Å²) in [6.07, 6.45) is 0.890. The summed E-state index contributed by atoms with van der Waals surface area (Å²) in [4.78, 5) is 36.5. The average Bonchev–Trinajstić information content (AvgIpc) is 2.73. The second-order valence-corrected chi connectivity index (χ2v) is 8.46. The van der Waals surface area contributed by atoms with E-state index in [0.29, 0.717) is 27.8 Å². The number of benzene rings is 2. The van der Waals surface area contributed by atoms with Gasteiger partial charge in [0.1, 0.15) is 28.7 Å². The molecule has 1 aliphatic rings. The summed E-state index contributed by atoms with van der Waals surface area (Å²) in [7, 11) is 1.44. The Kier molecular flexibility index (Phi) is 5.87. The van der Waals surface area contributed by atoms with Gasteiger partial charge in [0, 0.05) is 28.8 Å². The highest BCUT2D eigenvalue weighted by molar-refractivity contribution is 14.1. The van der Waals surface area contributed by atoms with Crippen LogP contribution >= 0.6 is 22.6 Å². The van der Waals surface area contributed by atoms with Crippen molar-refractivity contribution in [3.63, 3.8) is 0 Å². The summed E-state index contributed by atoms with van der Waals surface area (Å²) in [5.41, 5.74) is 6.65. The first-order valence-corrected chi connectivity index (χ1v) is 10.7. The van der Waals surface area contributed by atoms with Crippen LogP contribution in [0.3, 0.4) is 0 Å². The average molecular weight is 548 g/mol. The van der Waals surface area contributed by atoms with Gasteiger partial charge >= 0.3 is 0 Å². The van der Waals surface area contributed by atoms with Gasteiger partial charge in [-0.3, -0.25) is 19.0 Å². The van der Waals surface area contributed by atoms with Crippen molar-refractivity contribution < 1.29 is 18.7 Å². The van der Waals surface area contributed by atoms with Crippen LogP contribution in [0.4, 0.5) is 21.6 Å². The van der Waals surface area contributed by atoms with Crippen LogP contribution < -0.4 is 26.7 Å². The molecular formula is C22H18FIN4O4. The Bertz CT molecular complexity index is 1320. The molecule has 0 aliphatic carbocycles. The molecule has 10 heteroatoms. The molecule has 0 saturated carbocycles. The summed E-state index contributed by atoms with van der Waals surface area (Å²) in [6, 6.07) is 10.7. The van der Waals surface area contributed by atoms with E-state index in [-0.39, 0.29) is 28.7 Å². The fourth-order valence-corrected chi connectivity index (χ4v) is 3.86. The fraction of sp³-hybridized carbons (Fsp3) is 0.136. The van der Waals surface area contributed by atoms with Crippen molar-refractivity contribution >= 4 is 51.6 Å². The van der Waals surface area contributed by atoms with Gasteiger partial charge in [0.15, 0.2) is 0 Å². The van der Waals surface area contributed by atoms with Crippen molar-refractivity contribution in [1.82, 2.24) is 4.57 Å². The number of hydrogen-bond donors (Lipinski definition) is 3. The van der Waals surface area contributed by atoms with E-state index in [4.69, 9.17) is 10.5 Å². The van der Waals surface area contributed by atoms with Gasteiger partial charge in [0.25, 0.3) is 11.5 Å². The van der Waals surface area contributed by atoms with E-state index >= 15 is 0 Å². The number of aryl methyl sites for hydroxylation is 1. The molecule has 0 bridgehead atoms. The van der Waals surface area contributed by atoms with Crippen molar-refractivity contribution in [3.05, 3.63) is 73.3 Å². The Morgan fingerprint density at radius 2 is 1.97 bits per heavy atom. The van der Waals surface area contributed by atoms with Gasteiger partial charge in [-0.1, -0.05) is 0 Å². The van der Waals surface area contributed by atoms with E-state index in [2.05, 4.69) is 10.6 Å². The second kappa shape index (κ2) is 8.61. The molecule has 0 radical (unpaired) electrons. The molecule has 4 N–H and O–H groups in total. The number of carbonyl (C=O) groups is 2. The van der Waals surface area contributed by atoms with Crippen LogP contribution in [0.25, 0.3) is 0 Å². The first-order chi connectivity index (χ1) is 15.2. The lowest BCUT2D eigenvalue weighted by Crippen LogP contribution is -2.25. The van der Waals surface area contributed by atoms with E-state index in [0.717, 1.165) is 16.2 Å². The largest absolute Gasteiger partial charge is 0.456 e. The number of amides is 2. The molecule has 8 nitrogen and oxygen atoms in total. The molecule has 1 aliphatic heterocycles. The predicted molar refractivity (Wildman–Crippen MR) is 126 cm³/mol. The van der Waals surface area contributed by atoms with Crippen LogP contribution in [0.5, 0.6) is 11.5 Å². The second-order valence-electron chi connectivity index (χ2n) is 7.21. The van der Waals surface area contributed by atoms with Gasteiger partial charge < -0.3 is 21.1 Å². The van der Waals surface area contributed by atoms with Crippen LogP contribution in [-0.4, -0.2) is 16.4 Å². The van der Waals surface area contributed by atoms with Crippen LogP contribution in [0, 0.1) is 9.39 Å². The van der Waals surface area contributed by atoms with Crippen molar-refractivity contribution in [3.8, 4) is 11.5 Å². The number of halogens is 2. The molecule has 0 saturated heterocycles. The maximum absolute atomic E-state index is 14.4. The molecule has 4 rings (SSSR count). The van der Waals surface area contributed by atoms with E-state index in [1.165, 1.54) is 19.2 Å². The molecule has 2 amide bonds. The number of hydrogen-bond acceptors (Lipinski definition) is 5. The Hall–Kier alpha value is -3.41. The smallest absolute Gasteiger partial charge is 0.256 e. The predicted octanol–water partition coefficient (Wildman–Crippen LogP) is 3.65. The number of aromatic nitrogens is 1. The topological polar surface area (TPSA) is 115 Å². The summed E-state index contributed by atoms with van der Waals surface area (Å²) < 4.78 is 22.1. The number of nitrogens with two attached hydrogens (primary N) is 1. The molecule has 164 valence electrons. The van der Waals surface area contributed by atoms with E-state index in [1.807, 2.05) is 22.6 Å². The molecule has 0 unspecified atom stereocenters. The van der Waals surface area contributed by atoms with Crippen LogP contribution in [0.15, 0.2) is 47.3 Å². The monoisotopic (exact) mass is 548 g/mol. The minimum Gasteiger partial charge on any atom is -0.456 e. The number of anilines is 3. The normalized spacial score (nSPS) is 12.7. The summed E-state index contributed by atoms with van der Waals surface area (Å²) in [6.45, 7) is 0. The third-order valence-corrected chi connectivity index (χ3v) is 5.71. The summed E-state index contributed by atoms with van der Waals surface area (Å²) in [5, 5.41) is 5.57. The van der Waals surface area contributed by atoms with Crippen LogP contribution in [0.2, 0.25) is 0 Å². The number of nitrogens with one attached hydrogen (secondary N) is 2. The lowest BCUT2D eigenvalue weighted by molar-refractivity contribution is -0.116. The fourth-order valence-electron chi connectivity index (χ4n) is 3.41. The highest BCUT2D eigenvalue weighted by Crippen LogP contribution is 2.34. The first kappa shape index (κ1) is 21.8. The number of pyridine rings is 1. The van der Waals surface area contributed by atoms with E-state index in [9.17, 15) is 18.8 Å². The van der Waals surface area contributed by atoms with Crippen molar-refractivity contribution in [2.75, 3.05) is 10.6 Å². The molecular weight excluding hydrogens is 530 g/mol. The SMILES string of the molecule is Cn1c(Nc2ccc(I)cc2F)c(C(N)=O)c(Oc2ccc3c(c2)CCC(=O)N3)cc1=O. The Morgan fingerprint density at radius 3 is 2.69 bits per heavy atom. The minimum atomic E-state index is -0.853. The third kappa shape index (κ3) is 4.31. The number of rotatable bonds is 5. The van der Waals surface area contributed by atoms with Crippen molar-refractivity contribution in [2.45, 2.75) is 12.8 Å². The van der Waals surface area contributed by atoms with Gasteiger partial charge in [-0.25, -0.2) is 4.39 Å². The maximum Gasteiger partial charge on any atom is 0.256 e. The number of nitrogens with zero attached hydrogens (tertiary/aromatic N) is 1. The van der Waals surface area contributed by atoms with Crippen molar-refractivity contribution in [2.24, 2.45) is 12.8 Å². The zero-order chi connectivity index (χ0) is 23.0. The Morgan fingerprint density at radius 1 is 1.19 bits per heavy atom. The molecule has 2 aromatic carbocycles. The number of primary amides is 1. The zero-order valence-corrected chi connectivity index (χ0v) is 19.0. The van der Waals surface area contributed by atoms with Crippen LogP contribution in [0.1, 0.15) is 22.3 Å². The number of ether oxygens (including phenoxy) is 1. The molecule has 32 heavy (non-hydrogen) atoms. The molecule has 2 heterocycles. The van der Waals surface area contributed by atoms with Gasteiger partial charge in [-0.15, -0.1) is 0 Å². The lowest BCUT2D eigenvalue weighted by Gasteiger charge is -2.20. The third-order valence-electron chi connectivity index (χ3n) is 5.03. The minimum absolute atomic E-state index is 0.00494. The quantitative estimate of drug-likeness (QED) is 0.422. The molecule has 0 spiro atoms. The van der Waals surface area contributed by atoms with Gasteiger partial charge in [0.2, 0.25) is 5.91 Å². The molecule has 3 aromatic rings. The van der Waals surface area contributed by atoms with Gasteiger partial charge in [0.05, 0.1) is 5.69 Å². The highest BCUT2D eigenvalue weighted by Gasteiger charge is 2.22. The standard InChI is InChI=1S/C22H18FIN4O4/c1-28-19(30)10-17(32-13-4-6-15-11(8-13)2-7-18(29)26-15)20(21(25)31)22(28)27-16-5-3-12(24)9-14(16)23/h3-6,8-10,27H,2,7H2,1H3,(H2,25,31)(H,26,29). The Balaban J connectivity index is 1.77. The van der Waals surface area contributed by atoms with Crippen LogP contribution in [-0.2, 0) is 18.3 Å². The zero-order valence-electron chi connectivity index (χ0n) is 16.9. The maximum atomic E-state index is 14.4. The molecule has 1 aromatic heterocycles. The Labute approximate surface area is 195 Å². The lowest BCUT2D eigenvalue weighted by atomic mass is 10.0. The summed E-state index contributed by atoms with van der Waals surface area (Å²) >= 11 is 1.98. The van der Waals surface area contributed by atoms with E-state index < -0.39 is 17.3 Å². The van der Waals surface area contributed by atoms with Crippen molar-refractivity contribution in [1.29, 1.82) is 0 Å². The van der Waals surface area contributed by atoms with E-state index in [1.54, 1.807) is 24.3 Å². The van der Waals surface area contributed by atoms with Gasteiger partial charge in [-0.05, 0) is 71.0 Å².